The second kappa shape index (κ2) is 16.1. The number of nitrogens with zero attached hydrogens (tertiary/aromatic N) is 2. The van der Waals surface area contributed by atoms with Crippen molar-refractivity contribution >= 4 is 23.9 Å². The summed E-state index contributed by atoms with van der Waals surface area (Å²) in [7, 11) is 0. The first-order valence-corrected chi connectivity index (χ1v) is 16.2. The second-order valence-electron chi connectivity index (χ2n) is 12.4. The van der Waals surface area contributed by atoms with E-state index in [1.165, 1.54) is 0 Å². The number of rotatable bonds is 13. The van der Waals surface area contributed by atoms with Crippen LogP contribution in [0.25, 0.3) is 0 Å². The van der Waals surface area contributed by atoms with Crippen molar-refractivity contribution in [2.24, 2.45) is 11.8 Å². The molecule has 10 heteroatoms. The van der Waals surface area contributed by atoms with Gasteiger partial charge < -0.3 is 24.4 Å². The Morgan fingerprint density at radius 2 is 1.72 bits per heavy atom. The third-order valence-corrected chi connectivity index (χ3v) is 9.45. The van der Waals surface area contributed by atoms with E-state index >= 15 is 0 Å². The molecule has 1 aromatic rings. The third kappa shape index (κ3) is 8.94. The van der Waals surface area contributed by atoms with Crippen LogP contribution in [0.4, 0.5) is 4.79 Å². The highest BCUT2D eigenvalue weighted by Gasteiger charge is 2.48. The summed E-state index contributed by atoms with van der Waals surface area (Å²) in [6, 6.07) is 7.50. The van der Waals surface area contributed by atoms with Gasteiger partial charge >= 0.3 is 18.0 Å². The molecule has 10 nitrogen and oxygen atoms in total. The Labute approximate surface area is 255 Å². The summed E-state index contributed by atoms with van der Waals surface area (Å²) in [6.07, 6.45) is 9.24. The van der Waals surface area contributed by atoms with E-state index in [2.05, 4.69) is 5.32 Å². The highest BCUT2D eigenvalue weighted by atomic mass is 16.6. The van der Waals surface area contributed by atoms with Crippen LogP contribution in [0.15, 0.2) is 30.3 Å². The first-order valence-electron chi connectivity index (χ1n) is 16.2. The SMILES string of the molecule is CCOC(=O)[C@H](CCCCC1CCN(C(=O)OCc2ccccc2)CC1)N[C@@H](C)C(=O)N1[C@H](C(=O)O)C[C@@H]2CCCC[C@@H]21. The average Bonchev–Trinajstić information content (AvgIpc) is 3.42. The van der Waals surface area contributed by atoms with Crippen LogP contribution in [0.1, 0.15) is 90.0 Å². The number of carboxylic acid groups (broad SMARTS) is 1. The fourth-order valence-corrected chi connectivity index (χ4v) is 7.10. The quantitative estimate of drug-likeness (QED) is 0.246. The number of fused-ring (bicyclic) bond motifs is 1. The van der Waals surface area contributed by atoms with Gasteiger partial charge in [0, 0.05) is 19.1 Å². The second-order valence-corrected chi connectivity index (χ2v) is 12.4. The van der Waals surface area contributed by atoms with Gasteiger partial charge in [-0.15, -0.1) is 0 Å². The summed E-state index contributed by atoms with van der Waals surface area (Å²) in [5.74, 6) is -0.828. The number of hydrogen-bond donors (Lipinski definition) is 2. The summed E-state index contributed by atoms with van der Waals surface area (Å²) >= 11 is 0. The van der Waals surface area contributed by atoms with Crippen LogP contribution in [0.5, 0.6) is 0 Å². The Hall–Kier alpha value is -3.14. The van der Waals surface area contributed by atoms with Gasteiger partial charge in [-0.25, -0.2) is 9.59 Å². The lowest BCUT2D eigenvalue weighted by molar-refractivity contribution is -0.152. The lowest BCUT2D eigenvalue weighted by Gasteiger charge is -2.35. The van der Waals surface area contributed by atoms with Crippen molar-refractivity contribution in [2.45, 2.75) is 115 Å². The molecule has 2 N–H and O–H groups in total. The van der Waals surface area contributed by atoms with Crippen molar-refractivity contribution in [3.63, 3.8) is 0 Å². The van der Waals surface area contributed by atoms with Gasteiger partial charge in [0.2, 0.25) is 5.91 Å². The highest BCUT2D eigenvalue weighted by Crippen LogP contribution is 2.40. The predicted molar refractivity (Wildman–Crippen MR) is 161 cm³/mol. The van der Waals surface area contributed by atoms with E-state index in [1.807, 2.05) is 30.3 Å². The zero-order valence-electron chi connectivity index (χ0n) is 25.7. The molecule has 5 atom stereocenters. The van der Waals surface area contributed by atoms with Crippen molar-refractivity contribution in [3.8, 4) is 0 Å². The Kier molecular flexibility index (Phi) is 12.3. The largest absolute Gasteiger partial charge is 0.480 e. The van der Waals surface area contributed by atoms with Crippen LogP contribution in [0.3, 0.4) is 0 Å². The number of carbonyl (C=O) groups is 4. The van der Waals surface area contributed by atoms with E-state index in [0.717, 1.165) is 63.4 Å². The molecule has 43 heavy (non-hydrogen) atoms. The molecule has 0 bridgehead atoms. The molecule has 238 valence electrons. The molecular weight excluding hydrogens is 550 g/mol. The van der Waals surface area contributed by atoms with E-state index in [1.54, 1.807) is 23.6 Å². The Bertz CT molecular complexity index is 1080. The molecule has 2 amide bonds. The van der Waals surface area contributed by atoms with Gasteiger partial charge in [0.05, 0.1) is 12.6 Å². The van der Waals surface area contributed by atoms with Gasteiger partial charge in [-0.1, -0.05) is 62.4 Å². The zero-order valence-corrected chi connectivity index (χ0v) is 25.7. The topological polar surface area (TPSA) is 125 Å². The number of unbranched alkanes of at least 4 members (excludes halogenated alkanes) is 1. The van der Waals surface area contributed by atoms with E-state index in [9.17, 15) is 24.3 Å². The van der Waals surface area contributed by atoms with E-state index in [0.29, 0.717) is 31.8 Å². The molecule has 0 radical (unpaired) electrons. The molecule has 1 saturated carbocycles. The number of amides is 2. The number of esters is 1. The number of likely N-dealkylation sites (tertiary alicyclic amines) is 2. The number of aliphatic carboxylic acids is 1. The lowest BCUT2D eigenvalue weighted by atomic mass is 9.84. The van der Waals surface area contributed by atoms with Gasteiger partial charge in [0.25, 0.3) is 0 Å². The molecule has 0 aromatic heterocycles. The summed E-state index contributed by atoms with van der Waals surface area (Å²) in [5, 5.41) is 13.0. The van der Waals surface area contributed by atoms with Crippen molar-refractivity contribution in [3.05, 3.63) is 35.9 Å². The highest BCUT2D eigenvalue weighted by molar-refractivity contribution is 5.88. The normalized spacial score (nSPS) is 23.7. The Balaban J connectivity index is 1.21. The average molecular weight is 600 g/mol. The molecule has 2 aliphatic heterocycles. The van der Waals surface area contributed by atoms with Gasteiger partial charge in [-0.3, -0.25) is 14.9 Å². The van der Waals surface area contributed by atoms with Gasteiger partial charge in [-0.2, -0.15) is 0 Å². The predicted octanol–water partition coefficient (Wildman–Crippen LogP) is 4.75. The first-order chi connectivity index (χ1) is 20.8. The Morgan fingerprint density at radius 1 is 1.00 bits per heavy atom. The number of piperidine rings is 1. The maximum Gasteiger partial charge on any atom is 0.410 e. The van der Waals surface area contributed by atoms with Crippen LogP contribution >= 0.6 is 0 Å². The third-order valence-electron chi connectivity index (χ3n) is 9.45. The standard InChI is InChI=1S/C33H49N3O7/c1-3-42-32(40)27(34-23(2)30(37)36-28-16-10-8-14-26(28)21-29(36)31(38)39)15-9-7-11-24-17-19-35(20-18-24)33(41)43-22-25-12-5-4-6-13-25/h4-6,12-13,23-24,26-29,34H,3,7-11,14-22H2,1-2H3,(H,38,39)/t23-,26-,27-,28-,29-/m0/s1. The minimum atomic E-state index is -0.952. The molecule has 0 unspecified atom stereocenters. The molecule has 1 aromatic carbocycles. The summed E-state index contributed by atoms with van der Waals surface area (Å²) in [6.45, 7) is 5.38. The van der Waals surface area contributed by atoms with Gasteiger partial charge in [-0.05, 0) is 69.8 Å². The van der Waals surface area contributed by atoms with Crippen LogP contribution < -0.4 is 5.32 Å². The minimum absolute atomic E-state index is 0.0372. The molecule has 1 aliphatic carbocycles. The maximum absolute atomic E-state index is 13.6. The number of hydrogen-bond acceptors (Lipinski definition) is 7. The van der Waals surface area contributed by atoms with Crippen molar-refractivity contribution in [1.82, 2.24) is 15.1 Å². The number of nitrogens with one attached hydrogen (secondary N) is 1. The molecule has 3 aliphatic rings. The number of ether oxygens (including phenoxy) is 2. The number of carbonyl (C=O) groups excluding carboxylic acids is 3. The van der Waals surface area contributed by atoms with Gasteiger partial charge in [0.15, 0.2) is 0 Å². The van der Waals surface area contributed by atoms with Crippen LogP contribution in [0.2, 0.25) is 0 Å². The van der Waals surface area contributed by atoms with Crippen LogP contribution in [-0.4, -0.2) is 82.7 Å². The minimum Gasteiger partial charge on any atom is -0.480 e. The number of benzene rings is 1. The van der Waals surface area contributed by atoms with E-state index in [4.69, 9.17) is 9.47 Å². The molecule has 3 fully saturated rings. The van der Waals surface area contributed by atoms with Crippen molar-refractivity contribution < 1.29 is 33.8 Å². The summed E-state index contributed by atoms with van der Waals surface area (Å²) in [5.41, 5.74) is 0.971. The smallest absolute Gasteiger partial charge is 0.410 e. The monoisotopic (exact) mass is 599 g/mol. The van der Waals surface area contributed by atoms with Crippen LogP contribution in [-0.2, 0) is 30.5 Å². The summed E-state index contributed by atoms with van der Waals surface area (Å²) < 4.78 is 10.8. The summed E-state index contributed by atoms with van der Waals surface area (Å²) in [4.78, 5) is 54.2. The Morgan fingerprint density at radius 3 is 2.42 bits per heavy atom. The van der Waals surface area contributed by atoms with Crippen LogP contribution in [0, 0.1) is 11.8 Å². The molecule has 4 rings (SSSR count). The van der Waals surface area contributed by atoms with Crippen molar-refractivity contribution in [1.29, 1.82) is 0 Å². The fourth-order valence-electron chi connectivity index (χ4n) is 7.10. The molecule has 0 spiro atoms. The molecule has 2 saturated heterocycles. The van der Waals surface area contributed by atoms with E-state index < -0.39 is 24.1 Å². The fraction of sp³-hybridized carbons (Fsp3) is 0.697. The maximum atomic E-state index is 13.6. The van der Waals surface area contributed by atoms with E-state index in [-0.39, 0.29) is 43.1 Å². The number of carboxylic acids is 1. The molecule has 2 heterocycles. The van der Waals surface area contributed by atoms with Crippen molar-refractivity contribution in [2.75, 3.05) is 19.7 Å². The molecular formula is C33H49N3O7. The first kappa shape index (κ1) is 32.8. The zero-order chi connectivity index (χ0) is 30.8. The lowest BCUT2D eigenvalue weighted by Crippen LogP contribution is -2.55. The van der Waals surface area contributed by atoms with Gasteiger partial charge in [0.1, 0.15) is 18.7 Å².